The molecule has 5 nitrogen and oxygen atoms in total. The number of fused-ring (bicyclic) bond motifs is 9. The van der Waals surface area contributed by atoms with Gasteiger partial charge in [-0.3, -0.25) is 4.98 Å². The fraction of sp³-hybridized carbons (Fsp3) is 0. The lowest BCUT2D eigenvalue weighted by Gasteiger charge is -2.09. The average Bonchev–Trinajstić information content (AvgIpc) is 4.04. The van der Waals surface area contributed by atoms with Crippen molar-refractivity contribution in [3.63, 3.8) is 0 Å². The summed E-state index contributed by atoms with van der Waals surface area (Å²) in [6, 6.07) is 65.0. The van der Waals surface area contributed by atoms with E-state index in [0.29, 0.717) is 11.4 Å². The maximum atomic E-state index is 6.00. The highest BCUT2D eigenvalue weighted by atomic mass is 32.1. The average molecular weight is 824 g/mol. The first-order valence-corrected chi connectivity index (χ1v) is 21.8. The minimum absolute atomic E-state index is 0.662. The standard InChI is InChI=1S/C57H33N3O2S/c1-7-34(25-37(10-1)41-17-20-52-47(29-41)45-15-5-23-58-56(45)61-52)35-8-2-12-39(26-35)43-19-22-54-49(31-43)50-32-51(60-33-55(50)63-54)44-14-4-13-40(28-44)36-9-3-11-38(27-36)42-18-21-53-48(30-42)46-16-6-24-59-57(46)62-53/h1-33H. The summed E-state index contributed by atoms with van der Waals surface area (Å²) in [4.78, 5) is 13.8. The minimum Gasteiger partial charge on any atom is -0.438 e. The van der Waals surface area contributed by atoms with E-state index in [1.807, 2.05) is 30.5 Å². The van der Waals surface area contributed by atoms with Gasteiger partial charge in [0.1, 0.15) is 11.2 Å². The Kier molecular flexibility index (Phi) is 8.01. The molecule has 0 aliphatic rings. The first-order chi connectivity index (χ1) is 31.1. The molecule has 6 heteroatoms. The maximum Gasteiger partial charge on any atom is 0.227 e. The van der Waals surface area contributed by atoms with Crippen LogP contribution in [0.4, 0.5) is 0 Å². The number of pyridine rings is 3. The lowest BCUT2D eigenvalue weighted by Crippen LogP contribution is -1.86. The zero-order valence-electron chi connectivity index (χ0n) is 33.6. The van der Waals surface area contributed by atoms with Gasteiger partial charge < -0.3 is 8.83 Å². The van der Waals surface area contributed by atoms with Gasteiger partial charge in [-0.05, 0) is 147 Å². The fourth-order valence-electron chi connectivity index (χ4n) is 9.09. The molecule has 6 aromatic heterocycles. The number of benzene rings is 7. The van der Waals surface area contributed by atoms with Crippen LogP contribution in [0.25, 0.3) is 131 Å². The van der Waals surface area contributed by atoms with Crippen molar-refractivity contribution >= 4 is 75.6 Å². The number of aromatic nitrogens is 3. The molecule has 0 N–H and O–H groups in total. The Balaban J connectivity index is 0.813. The number of thiophene rings is 1. The SMILES string of the molecule is c1cc(-c2cccc(-c3ccc4sc5cnc(-c6cccc(-c7cccc(-c8ccc9oc%10ncccc%10c9c8)c7)c6)cc5c4c3)c2)cc(-c2ccc3oc4ncccc4c3c2)c1. The van der Waals surface area contributed by atoms with Crippen molar-refractivity contribution < 1.29 is 8.83 Å². The van der Waals surface area contributed by atoms with Crippen molar-refractivity contribution in [1.82, 2.24) is 15.0 Å². The van der Waals surface area contributed by atoms with Gasteiger partial charge in [-0.2, -0.15) is 0 Å². The van der Waals surface area contributed by atoms with E-state index in [9.17, 15) is 0 Å². The summed E-state index contributed by atoms with van der Waals surface area (Å²) in [6.45, 7) is 0. The van der Waals surface area contributed by atoms with Crippen LogP contribution in [-0.4, -0.2) is 15.0 Å². The first kappa shape index (κ1) is 35.6. The Bertz CT molecular complexity index is 3700. The monoisotopic (exact) mass is 823 g/mol. The molecular weight excluding hydrogens is 791 g/mol. The summed E-state index contributed by atoms with van der Waals surface area (Å²) in [5.74, 6) is 0. The molecule has 0 fully saturated rings. The topological polar surface area (TPSA) is 65.0 Å². The largest absolute Gasteiger partial charge is 0.438 e. The number of nitrogens with zero attached hydrogens (tertiary/aromatic N) is 3. The van der Waals surface area contributed by atoms with Crippen LogP contribution in [0.2, 0.25) is 0 Å². The third-order valence-electron chi connectivity index (χ3n) is 12.3. The molecule has 13 aromatic rings. The predicted molar refractivity (Wildman–Crippen MR) is 260 cm³/mol. The third-order valence-corrected chi connectivity index (χ3v) is 13.4. The van der Waals surface area contributed by atoms with E-state index in [1.54, 1.807) is 23.7 Å². The number of hydrogen-bond donors (Lipinski definition) is 0. The van der Waals surface area contributed by atoms with Crippen molar-refractivity contribution in [2.75, 3.05) is 0 Å². The van der Waals surface area contributed by atoms with Crippen LogP contribution in [-0.2, 0) is 0 Å². The maximum absolute atomic E-state index is 6.00. The van der Waals surface area contributed by atoms with E-state index in [2.05, 4.69) is 168 Å². The van der Waals surface area contributed by atoms with E-state index in [4.69, 9.17) is 13.8 Å². The molecule has 0 radical (unpaired) electrons. The van der Waals surface area contributed by atoms with Gasteiger partial charge in [-0.15, -0.1) is 11.3 Å². The molecular formula is C57H33N3O2S. The van der Waals surface area contributed by atoms with Crippen LogP contribution in [0.5, 0.6) is 0 Å². The summed E-state index contributed by atoms with van der Waals surface area (Å²) < 4.78 is 14.4. The van der Waals surface area contributed by atoms with Crippen molar-refractivity contribution in [3.05, 3.63) is 201 Å². The van der Waals surface area contributed by atoms with Crippen LogP contribution in [0.1, 0.15) is 0 Å². The van der Waals surface area contributed by atoms with Crippen LogP contribution >= 0.6 is 11.3 Å². The fourth-order valence-corrected chi connectivity index (χ4v) is 10.1. The highest BCUT2D eigenvalue weighted by molar-refractivity contribution is 7.25. The van der Waals surface area contributed by atoms with Crippen LogP contribution in [0.15, 0.2) is 209 Å². The van der Waals surface area contributed by atoms with Gasteiger partial charge >= 0.3 is 0 Å². The molecule has 0 amide bonds. The molecule has 6 heterocycles. The highest BCUT2D eigenvalue weighted by Crippen LogP contribution is 2.40. The highest BCUT2D eigenvalue weighted by Gasteiger charge is 2.14. The van der Waals surface area contributed by atoms with Crippen molar-refractivity contribution in [2.45, 2.75) is 0 Å². The second-order valence-corrected chi connectivity index (χ2v) is 17.1. The Labute approximate surface area is 365 Å². The third kappa shape index (κ3) is 6.11. The van der Waals surface area contributed by atoms with Crippen molar-refractivity contribution in [3.8, 4) is 66.9 Å². The van der Waals surface area contributed by atoms with E-state index in [1.165, 1.54) is 42.4 Å². The van der Waals surface area contributed by atoms with Gasteiger partial charge in [0.15, 0.2) is 0 Å². The van der Waals surface area contributed by atoms with E-state index in [0.717, 1.165) is 77.3 Å². The summed E-state index contributed by atoms with van der Waals surface area (Å²) in [5, 5.41) is 6.65. The van der Waals surface area contributed by atoms with Gasteiger partial charge in [0.05, 0.1) is 10.4 Å². The molecule has 0 unspecified atom stereocenters. The summed E-state index contributed by atoms with van der Waals surface area (Å²) >= 11 is 1.79. The molecule has 0 saturated heterocycles. The first-order valence-electron chi connectivity index (χ1n) is 20.9. The Morgan fingerprint density at radius 1 is 0.302 bits per heavy atom. The normalized spacial score (nSPS) is 11.8. The summed E-state index contributed by atoms with van der Waals surface area (Å²) in [5.41, 5.74) is 16.6. The smallest absolute Gasteiger partial charge is 0.227 e. The lowest BCUT2D eigenvalue weighted by atomic mass is 9.95. The minimum atomic E-state index is 0.662. The number of rotatable bonds is 6. The molecule has 0 spiro atoms. The second-order valence-electron chi connectivity index (χ2n) is 16.0. The van der Waals surface area contributed by atoms with E-state index >= 15 is 0 Å². The Morgan fingerprint density at radius 3 is 1.22 bits per heavy atom. The van der Waals surface area contributed by atoms with Crippen molar-refractivity contribution in [2.24, 2.45) is 0 Å². The quantitative estimate of drug-likeness (QED) is 0.167. The second kappa shape index (κ2) is 14.2. The molecule has 13 rings (SSSR count). The molecule has 0 aliphatic heterocycles. The number of furan rings is 2. The van der Waals surface area contributed by atoms with Gasteiger partial charge in [0.2, 0.25) is 11.4 Å². The van der Waals surface area contributed by atoms with Crippen LogP contribution in [0.3, 0.4) is 0 Å². The molecule has 0 atom stereocenters. The predicted octanol–water partition coefficient (Wildman–Crippen LogP) is 16.0. The molecule has 0 saturated carbocycles. The Morgan fingerprint density at radius 2 is 0.714 bits per heavy atom. The van der Waals surface area contributed by atoms with E-state index in [-0.39, 0.29) is 0 Å². The Hall–Kier alpha value is -8.19. The van der Waals surface area contributed by atoms with Gasteiger partial charge in [-0.25, -0.2) is 9.97 Å². The van der Waals surface area contributed by atoms with E-state index < -0.39 is 0 Å². The molecule has 7 aromatic carbocycles. The van der Waals surface area contributed by atoms with Crippen LogP contribution in [0, 0.1) is 0 Å². The summed E-state index contributed by atoms with van der Waals surface area (Å²) in [6.07, 6.45) is 5.57. The van der Waals surface area contributed by atoms with Gasteiger partial charge in [0.25, 0.3) is 0 Å². The summed E-state index contributed by atoms with van der Waals surface area (Å²) in [7, 11) is 0. The molecule has 63 heavy (non-hydrogen) atoms. The molecule has 0 bridgehead atoms. The lowest BCUT2D eigenvalue weighted by molar-refractivity contribution is 0.653. The zero-order chi connectivity index (χ0) is 41.4. The van der Waals surface area contributed by atoms with Gasteiger partial charge in [-0.1, -0.05) is 91.0 Å². The molecule has 294 valence electrons. The van der Waals surface area contributed by atoms with Crippen molar-refractivity contribution in [1.29, 1.82) is 0 Å². The van der Waals surface area contributed by atoms with Gasteiger partial charge in [0, 0.05) is 61.2 Å². The van der Waals surface area contributed by atoms with Crippen LogP contribution < -0.4 is 0 Å². The molecule has 0 aliphatic carbocycles. The zero-order valence-corrected chi connectivity index (χ0v) is 34.4. The number of hydrogen-bond acceptors (Lipinski definition) is 6.